The Morgan fingerprint density at radius 1 is 1.38 bits per heavy atom. The number of carbonyl (C=O) groups excluding carboxylic acids is 1. The van der Waals surface area contributed by atoms with Crippen molar-refractivity contribution >= 4 is 11.7 Å². The lowest BCUT2D eigenvalue weighted by Crippen LogP contribution is -2.31. The summed E-state index contributed by atoms with van der Waals surface area (Å²) in [5, 5.41) is 6.91. The molecule has 2 N–H and O–H groups in total. The van der Waals surface area contributed by atoms with Crippen molar-refractivity contribution in [2.24, 2.45) is 0 Å². The molecule has 7 nitrogen and oxygen atoms in total. The standard InChI is InChI=1S/C19H24N6O/c1-2-8-25-12-14(9-17(25)26)22-19-15-5-7-21-11-16(15)23-18(24-19)13-4-3-6-20-10-13/h3-4,6,10,14,21H,2,5,7-9,11-12H2,1H3,(H,22,23,24). The lowest BCUT2D eigenvalue weighted by Gasteiger charge is -2.23. The van der Waals surface area contributed by atoms with Crippen LogP contribution in [0.25, 0.3) is 11.4 Å². The minimum Gasteiger partial charge on any atom is -0.365 e. The number of fused-ring (bicyclic) bond motifs is 1. The van der Waals surface area contributed by atoms with Crippen LogP contribution in [0.15, 0.2) is 24.5 Å². The van der Waals surface area contributed by atoms with Gasteiger partial charge in [0, 0.05) is 49.6 Å². The largest absolute Gasteiger partial charge is 0.365 e. The predicted octanol–water partition coefficient (Wildman–Crippen LogP) is 1.61. The summed E-state index contributed by atoms with van der Waals surface area (Å²) >= 11 is 0. The van der Waals surface area contributed by atoms with Crippen LogP contribution in [0.4, 0.5) is 5.82 Å². The van der Waals surface area contributed by atoms with Crippen molar-refractivity contribution in [2.45, 2.75) is 38.8 Å². The summed E-state index contributed by atoms with van der Waals surface area (Å²) in [6.45, 7) is 5.33. The molecule has 2 aromatic heterocycles. The van der Waals surface area contributed by atoms with Gasteiger partial charge in [-0.1, -0.05) is 6.92 Å². The fraction of sp³-hybridized carbons (Fsp3) is 0.474. The maximum absolute atomic E-state index is 12.2. The second-order valence-corrected chi connectivity index (χ2v) is 6.87. The van der Waals surface area contributed by atoms with E-state index in [1.165, 1.54) is 0 Å². The molecule has 0 bridgehead atoms. The van der Waals surface area contributed by atoms with Crippen LogP contribution in [-0.2, 0) is 17.8 Å². The summed E-state index contributed by atoms with van der Waals surface area (Å²) in [7, 11) is 0. The molecule has 1 saturated heterocycles. The van der Waals surface area contributed by atoms with Gasteiger partial charge < -0.3 is 15.5 Å². The van der Waals surface area contributed by atoms with E-state index in [1.54, 1.807) is 12.4 Å². The summed E-state index contributed by atoms with van der Waals surface area (Å²) in [6.07, 6.45) is 5.93. The van der Waals surface area contributed by atoms with Crippen LogP contribution in [0.2, 0.25) is 0 Å². The van der Waals surface area contributed by atoms with Crippen molar-refractivity contribution in [3.8, 4) is 11.4 Å². The monoisotopic (exact) mass is 352 g/mol. The molecule has 7 heteroatoms. The minimum absolute atomic E-state index is 0.102. The summed E-state index contributed by atoms with van der Waals surface area (Å²) < 4.78 is 0. The van der Waals surface area contributed by atoms with Gasteiger partial charge in [0.05, 0.1) is 11.7 Å². The number of nitrogens with one attached hydrogen (secondary N) is 2. The summed E-state index contributed by atoms with van der Waals surface area (Å²) in [4.78, 5) is 27.8. The van der Waals surface area contributed by atoms with Crippen molar-refractivity contribution in [2.75, 3.05) is 25.0 Å². The van der Waals surface area contributed by atoms with E-state index in [4.69, 9.17) is 9.97 Å². The first-order valence-corrected chi connectivity index (χ1v) is 9.30. The van der Waals surface area contributed by atoms with E-state index in [0.29, 0.717) is 12.2 Å². The Hall–Kier alpha value is -2.54. The predicted molar refractivity (Wildman–Crippen MR) is 99.6 cm³/mol. The normalized spacial score (nSPS) is 19.5. The first-order valence-electron chi connectivity index (χ1n) is 9.30. The minimum atomic E-state index is 0.102. The molecule has 2 aliphatic heterocycles. The number of carbonyl (C=O) groups is 1. The van der Waals surface area contributed by atoms with E-state index in [0.717, 1.165) is 61.7 Å². The molecule has 1 amide bonds. The van der Waals surface area contributed by atoms with Crippen LogP contribution < -0.4 is 10.6 Å². The van der Waals surface area contributed by atoms with Crippen molar-refractivity contribution in [1.82, 2.24) is 25.2 Å². The molecule has 4 heterocycles. The van der Waals surface area contributed by atoms with Gasteiger partial charge in [-0.15, -0.1) is 0 Å². The molecule has 26 heavy (non-hydrogen) atoms. The van der Waals surface area contributed by atoms with Crippen LogP contribution in [0.3, 0.4) is 0 Å². The quantitative estimate of drug-likeness (QED) is 0.851. The van der Waals surface area contributed by atoms with Gasteiger partial charge in [0.1, 0.15) is 5.82 Å². The van der Waals surface area contributed by atoms with E-state index >= 15 is 0 Å². The van der Waals surface area contributed by atoms with Gasteiger partial charge in [0.25, 0.3) is 0 Å². The molecule has 0 aliphatic carbocycles. The molecule has 1 unspecified atom stereocenters. The molecule has 4 rings (SSSR count). The van der Waals surface area contributed by atoms with Gasteiger partial charge >= 0.3 is 0 Å². The molecule has 2 aliphatic rings. The maximum Gasteiger partial charge on any atom is 0.224 e. The van der Waals surface area contributed by atoms with Crippen molar-refractivity contribution in [1.29, 1.82) is 0 Å². The molecule has 0 aromatic carbocycles. The van der Waals surface area contributed by atoms with Gasteiger partial charge in [-0.25, -0.2) is 9.97 Å². The molecular weight excluding hydrogens is 328 g/mol. The highest BCUT2D eigenvalue weighted by Crippen LogP contribution is 2.26. The SMILES string of the molecule is CCCN1CC(Nc2nc(-c3cccnc3)nc3c2CCNC3)CC1=O. The molecule has 136 valence electrons. The smallest absolute Gasteiger partial charge is 0.224 e. The summed E-state index contributed by atoms with van der Waals surface area (Å²) in [5.74, 6) is 1.77. The first-order chi connectivity index (χ1) is 12.7. The third-order valence-electron chi connectivity index (χ3n) is 4.91. The van der Waals surface area contributed by atoms with Gasteiger partial charge in [-0.3, -0.25) is 9.78 Å². The van der Waals surface area contributed by atoms with E-state index in [1.807, 2.05) is 17.0 Å². The highest BCUT2D eigenvalue weighted by atomic mass is 16.2. The zero-order valence-corrected chi connectivity index (χ0v) is 15.0. The number of pyridine rings is 1. The Balaban J connectivity index is 1.63. The van der Waals surface area contributed by atoms with E-state index in [9.17, 15) is 4.79 Å². The third kappa shape index (κ3) is 3.39. The van der Waals surface area contributed by atoms with Crippen LogP contribution in [-0.4, -0.2) is 51.4 Å². The maximum atomic E-state index is 12.2. The van der Waals surface area contributed by atoms with Gasteiger partial charge in [0.15, 0.2) is 5.82 Å². The van der Waals surface area contributed by atoms with Gasteiger partial charge in [0.2, 0.25) is 5.91 Å². The molecule has 1 atom stereocenters. The second-order valence-electron chi connectivity index (χ2n) is 6.87. The zero-order chi connectivity index (χ0) is 17.9. The van der Waals surface area contributed by atoms with Crippen LogP contribution in [0.5, 0.6) is 0 Å². The van der Waals surface area contributed by atoms with E-state index < -0.39 is 0 Å². The number of likely N-dealkylation sites (tertiary alicyclic amines) is 1. The molecule has 0 spiro atoms. The number of nitrogens with zero attached hydrogens (tertiary/aromatic N) is 4. The fourth-order valence-corrected chi connectivity index (χ4v) is 3.65. The summed E-state index contributed by atoms with van der Waals surface area (Å²) in [5.41, 5.74) is 3.10. The molecule has 0 saturated carbocycles. The number of aromatic nitrogens is 3. The van der Waals surface area contributed by atoms with Gasteiger partial charge in [-0.2, -0.15) is 0 Å². The van der Waals surface area contributed by atoms with Gasteiger partial charge in [-0.05, 0) is 31.5 Å². The zero-order valence-electron chi connectivity index (χ0n) is 15.0. The highest BCUT2D eigenvalue weighted by Gasteiger charge is 2.30. The Morgan fingerprint density at radius 2 is 2.31 bits per heavy atom. The van der Waals surface area contributed by atoms with Crippen LogP contribution in [0, 0.1) is 0 Å². The lowest BCUT2D eigenvalue weighted by molar-refractivity contribution is -0.127. The average Bonchev–Trinajstić information content (AvgIpc) is 3.02. The van der Waals surface area contributed by atoms with E-state index in [-0.39, 0.29) is 11.9 Å². The lowest BCUT2D eigenvalue weighted by atomic mass is 10.1. The number of anilines is 1. The average molecular weight is 352 g/mol. The number of rotatable bonds is 5. The second kappa shape index (κ2) is 7.37. The molecule has 2 aromatic rings. The third-order valence-corrected chi connectivity index (χ3v) is 4.91. The molecule has 0 radical (unpaired) electrons. The van der Waals surface area contributed by atoms with Crippen LogP contribution in [0.1, 0.15) is 31.0 Å². The molecule has 1 fully saturated rings. The highest BCUT2D eigenvalue weighted by molar-refractivity contribution is 5.80. The number of hydrogen-bond acceptors (Lipinski definition) is 6. The fourth-order valence-electron chi connectivity index (χ4n) is 3.65. The first kappa shape index (κ1) is 16.9. The van der Waals surface area contributed by atoms with Crippen molar-refractivity contribution < 1.29 is 4.79 Å². The molecular formula is C19H24N6O. The summed E-state index contributed by atoms with van der Waals surface area (Å²) in [6, 6.07) is 3.96. The van der Waals surface area contributed by atoms with Crippen molar-refractivity contribution in [3.63, 3.8) is 0 Å². The van der Waals surface area contributed by atoms with Crippen LogP contribution >= 0.6 is 0 Å². The number of amides is 1. The topological polar surface area (TPSA) is 83.0 Å². The Bertz CT molecular complexity index is 794. The van der Waals surface area contributed by atoms with Crippen molar-refractivity contribution in [3.05, 3.63) is 35.8 Å². The van der Waals surface area contributed by atoms with E-state index in [2.05, 4.69) is 22.5 Å². The Morgan fingerprint density at radius 3 is 3.12 bits per heavy atom. The Labute approximate surface area is 153 Å². The number of hydrogen-bond donors (Lipinski definition) is 2. The Kier molecular flexibility index (Phi) is 4.79.